The normalized spacial score (nSPS) is 10.6. The summed E-state index contributed by atoms with van der Waals surface area (Å²) >= 11 is 0. The number of ketones is 1. The second-order valence-corrected chi connectivity index (χ2v) is 6.22. The molecule has 0 aromatic heterocycles. The summed E-state index contributed by atoms with van der Waals surface area (Å²) in [6.07, 6.45) is -0.361. The maximum atomic E-state index is 11.2. The number of carboxylic acids is 1. The van der Waals surface area contributed by atoms with Crippen molar-refractivity contribution in [3.63, 3.8) is 0 Å². The molecule has 4 N–H and O–H groups in total. The van der Waals surface area contributed by atoms with Crippen LogP contribution in [0.1, 0.15) is 23.7 Å². The van der Waals surface area contributed by atoms with Crippen molar-refractivity contribution >= 4 is 38.6 Å². The molecule has 0 unspecified atom stereocenters. The van der Waals surface area contributed by atoms with Gasteiger partial charge in [-0.2, -0.15) is 8.42 Å². The third-order valence-electron chi connectivity index (χ3n) is 2.82. The molecule has 0 aliphatic heterocycles. The van der Waals surface area contributed by atoms with Crippen molar-refractivity contribution in [3.8, 4) is 0 Å². The van der Waals surface area contributed by atoms with E-state index in [1.54, 1.807) is 18.2 Å². The van der Waals surface area contributed by atoms with E-state index in [9.17, 15) is 22.8 Å². The second kappa shape index (κ2) is 7.66. The molecular weight excluding hydrogens is 338 g/mol. The van der Waals surface area contributed by atoms with E-state index < -0.39 is 22.0 Å². The van der Waals surface area contributed by atoms with Crippen LogP contribution in [-0.2, 0) is 19.7 Å². The summed E-state index contributed by atoms with van der Waals surface area (Å²) in [5, 5.41) is 8.94. The Hall–Kier alpha value is -2.78. The van der Waals surface area contributed by atoms with E-state index in [1.165, 1.54) is 25.1 Å². The van der Waals surface area contributed by atoms with Crippen LogP contribution in [0.4, 0.5) is 0 Å². The topological polar surface area (TPSA) is 152 Å². The van der Waals surface area contributed by atoms with E-state index in [0.29, 0.717) is 16.3 Å². The van der Waals surface area contributed by atoms with Gasteiger partial charge in [0, 0.05) is 5.56 Å². The molecule has 9 heteroatoms. The first-order valence-corrected chi connectivity index (χ1v) is 7.97. The van der Waals surface area contributed by atoms with Gasteiger partial charge in [-0.1, -0.05) is 18.2 Å². The first-order valence-electron chi connectivity index (χ1n) is 6.53. The summed E-state index contributed by atoms with van der Waals surface area (Å²) in [6.45, 7) is 1.24. The maximum absolute atomic E-state index is 11.2. The Morgan fingerprint density at radius 3 is 2.17 bits per heavy atom. The van der Waals surface area contributed by atoms with Crippen LogP contribution in [0.2, 0.25) is 0 Å². The van der Waals surface area contributed by atoms with Gasteiger partial charge in [-0.15, -0.1) is 0 Å². The van der Waals surface area contributed by atoms with Crippen LogP contribution in [0.5, 0.6) is 0 Å². The molecule has 0 fully saturated rings. The summed E-state index contributed by atoms with van der Waals surface area (Å²) < 4.78 is 30.8. The summed E-state index contributed by atoms with van der Waals surface area (Å²) in [5.74, 6) is -1.96. The Kier molecular flexibility index (Phi) is 6.15. The molecule has 128 valence electrons. The summed E-state index contributed by atoms with van der Waals surface area (Å²) in [4.78, 5) is 30.4. The van der Waals surface area contributed by atoms with Gasteiger partial charge in [-0.25, -0.2) is 0 Å². The molecule has 0 radical (unpaired) electrons. The van der Waals surface area contributed by atoms with Gasteiger partial charge in [-0.05, 0) is 35.9 Å². The zero-order valence-electron chi connectivity index (χ0n) is 12.6. The number of aliphatic carboxylic acids is 1. The van der Waals surface area contributed by atoms with Gasteiger partial charge < -0.3 is 10.8 Å². The van der Waals surface area contributed by atoms with Gasteiger partial charge in [0.1, 0.15) is 12.2 Å². The molecule has 8 nitrogen and oxygen atoms in total. The molecule has 0 aliphatic carbocycles. The lowest BCUT2D eigenvalue weighted by molar-refractivity contribution is -0.139. The van der Waals surface area contributed by atoms with E-state index in [0.717, 1.165) is 0 Å². The summed E-state index contributed by atoms with van der Waals surface area (Å²) in [5.41, 5.74) is 5.51. The Bertz CT molecular complexity index is 891. The first-order chi connectivity index (χ1) is 11.0. The Morgan fingerprint density at radius 1 is 1.12 bits per heavy atom. The number of fused-ring (bicyclic) bond motifs is 1. The molecule has 2 aromatic carbocycles. The molecule has 0 saturated heterocycles. The molecule has 2 rings (SSSR count). The molecule has 0 heterocycles. The van der Waals surface area contributed by atoms with E-state index >= 15 is 0 Å². The number of carboxylic acid groups (broad SMARTS) is 1. The zero-order chi connectivity index (χ0) is 18.5. The number of Topliss-reactive ketones (excluding diaryl/α,β-unsaturated/α-hetero) is 1. The minimum absolute atomic E-state index is 0.216. The van der Waals surface area contributed by atoms with Crippen LogP contribution in [0.15, 0.2) is 41.3 Å². The number of amides is 1. The first kappa shape index (κ1) is 19.3. The van der Waals surface area contributed by atoms with Crippen molar-refractivity contribution < 1.29 is 32.5 Å². The number of benzene rings is 2. The number of hydrogen-bond donors (Lipinski definition) is 3. The number of primary amides is 1. The van der Waals surface area contributed by atoms with Gasteiger partial charge in [0.05, 0.1) is 4.90 Å². The van der Waals surface area contributed by atoms with Crippen LogP contribution >= 0.6 is 0 Å². The fourth-order valence-corrected chi connectivity index (χ4v) is 2.37. The maximum Gasteiger partial charge on any atom is 0.310 e. The fourth-order valence-electron chi connectivity index (χ4n) is 1.85. The lowest BCUT2D eigenvalue weighted by Crippen LogP contribution is -2.11. The van der Waals surface area contributed by atoms with Crippen LogP contribution < -0.4 is 5.73 Å². The average Bonchev–Trinajstić information content (AvgIpc) is 2.44. The standard InChI is InChI=1S/C11H9NO4S.C4H6O3/c12-11(13)10-3-1-2-7-6-8(17(14,15)16)4-5-9(7)10;1-3(5)2-4(6)7/h1-6H,(H2,12,13)(H,14,15,16);2H2,1H3,(H,6,7). The second-order valence-electron chi connectivity index (χ2n) is 4.80. The molecule has 0 atom stereocenters. The van der Waals surface area contributed by atoms with Crippen LogP contribution in [-0.4, -0.2) is 35.7 Å². The third kappa shape index (κ3) is 5.45. The third-order valence-corrected chi connectivity index (χ3v) is 3.67. The quantitative estimate of drug-likeness (QED) is 0.552. The van der Waals surface area contributed by atoms with E-state index in [1.807, 2.05) is 0 Å². The fraction of sp³-hybridized carbons (Fsp3) is 0.133. The highest BCUT2D eigenvalue weighted by Gasteiger charge is 2.12. The van der Waals surface area contributed by atoms with Crippen molar-refractivity contribution in [2.45, 2.75) is 18.2 Å². The lowest BCUT2D eigenvalue weighted by Gasteiger charge is -2.04. The number of carbonyl (C=O) groups is 3. The highest BCUT2D eigenvalue weighted by Crippen LogP contribution is 2.22. The predicted molar refractivity (Wildman–Crippen MR) is 85.2 cm³/mol. The van der Waals surface area contributed by atoms with E-state index in [-0.39, 0.29) is 17.1 Å². The monoisotopic (exact) mass is 353 g/mol. The SMILES string of the molecule is CC(=O)CC(=O)O.NC(=O)c1cccc2cc(S(=O)(=O)O)ccc12. The number of hydrogen-bond acceptors (Lipinski definition) is 5. The van der Waals surface area contributed by atoms with Crippen molar-refractivity contribution in [1.29, 1.82) is 0 Å². The summed E-state index contributed by atoms with van der Waals surface area (Å²) in [6, 6.07) is 8.74. The molecule has 24 heavy (non-hydrogen) atoms. The Labute approximate surface area is 137 Å². The molecule has 0 aliphatic rings. The predicted octanol–water partition coefficient (Wildman–Crippen LogP) is 1.24. The molecule has 1 amide bonds. The van der Waals surface area contributed by atoms with Crippen LogP contribution in [0, 0.1) is 0 Å². The average molecular weight is 353 g/mol. The Balaban J connectivity index is 0.000000351. The molecular formula is C15H15NO7S. The molecule has 2 aromatic rings. The lowest BCUT2D eigenvalue weighted by atomic mass is 10.0. The highest BCUT2D eigenvalue weighted by molar-refractivity contribution is 7.85. The van der Waals surface area contributed by atoms with Crippen molar-refractivity contribution in [2.24, 2.45) is 5.73 Å². The zero-order valence-corrected chi connectivity index (χ0v) is 13.4. The van der Waals surface area contributed by atoms with Crippen molar-refractivity contribution in [3.05, 3.63) is 42.0 Å². The van der Waals surface area contributed by atoms with Gasteiger partial charge in [0.2, 0.25) is 5.91 Å². The summed E-state index contributed by atoms with van der Waals surface area (Å²) in [7, 11) is -4.24. The van der Waals surface area contributed by atoms with Gasteiger partial charge >= 0.3 is 5.97 Å². The number of carbonyl (C=O) groups excluding carboxylic acids is 2. The number of nitrogens with two attached hydrogens (primary N) is 1. The smallest absolute Gasteiger partial charge is 0.310 e. The van der Waals surface area contributed by atoms with E-state index in [2.05, 4.69) is 0 Å². The molecule has 0 saturated carbocycles. The number of rotatable bonds is 4. The van der Waals surface area contributed by atoms with Gasteiger partial charge in [0.25, 0.3) is 10.1 Å². The van der Waals surface area contributed by atoms with E-state index in [4.69, 9.17) is 15.4 Å². The Morgan fingerprint density at radius 2 is 1.75 bits per heavy atom. The van der Waals surface area contributed by atoms with Crippen molar-refractivity contribution in [2.75, 3.05) is 0 Å². The van der Waals surface area contributed by atoms with Crippen LogP contribution in [0.3, 0.4) is 0 Å². The van der Waals surface area contributed by atoms with Crippen molar-refractivity contribution in [1.82, 2.24) is 0 Å². The van der Waals surface area contributed by atoms with Crippen LogP contribution in [0.25, 0.3) is 10.8 Å². The minimum Gasteiger partial charge on any atom is -0.481 e. The highest BCUT2D eigenvalue weighted by atomic mass is 32.2. The van der Waals surface area contributed by atoms with Gasteiger partial charge in [-0.3, -0.25) is 18.9 Å². The molecule has 0 bridgehead atoms. The molecule has 0 spiro atoms. The largest absolute Gasteiger partial charge is 0.481 e. The van der Waals surface area contributed by atoms with Gasteiger partial charge in [0.15, 0.2) is 0 Å². The minimum atomic E-state index is -4.24.